The van der Waals surface area contributed by atoms with Gasteiger partial charge >= 0.3 is 11.9 Å². The monoisotopic (exact) mass is 366 g/mol. The zero-order chi connectivity index (χ0) is 18.4. The van der Waals surface area contributed by atoms with Crippen LogP contribution in [0.3, 0.4) is 0 Å². The van der Waals surface area contributed by atoms with Gasteiger partial charge in [0.15, 0.2) is 0 Å². The molecule has 8 nitrogen and oxygen atoms in total. The highest BCUT2D eigenvalue weighted by Gasteiger charge is 2.36. The van der Waals surface area contributed by atoms with Crippen LogP contribution in [0.2, 0.25) is 0 Å². The maximum atomic E-state index is 12.5. The fraction of sp³-hybridized carbons (Fsp3) is 0.500. The molecule has 26 heavy (non-hydrogen) atoms. The van der Waals surface area contributed by atoms with E-state index in [0.29, 0.717) is 32.2 Å². The maximum absolute atomic E-state index is 12.5. The quantitative estimate of drug-likeness (QED) is 0.605. The first kappa shape index (κ1) is 21.6. The number of benzene rings is 1. The van der Waals surface area contributed by atoms with Gasteiger partial charge in [-0.15, -0.1) is 0 Å². The SMILES string of the molecule is C[C@H](N[C@@H](CCc1ccccc1)C(=O)O)C(=O)N1CCC[C@H]1C(=O)O.O. The molecule has 0 radical (unpaired) electrons. The summed E-state index contributed by atoms with van der Waals surface area (Å²) in [4.78, 5) is 36.5. The van der Waals surface area contributed by atoms with Crippen molar-refractivity contribution in [3.63, 3.8) is 0 Å². The van der Waals surface area contributed by atoms with Gasteiger partial charge in [-0.25, -0.2) is 4.79 Å². The van der Waals surface area contributed by atoms with Gasteiger partial charge < -0.3 is 20.6 Å². The van der Waals surface area contributed by atoms with Crippen LogP contribution in [0.4, 0.5) is 0 Å². The smallest absolute Gasteiger partial charge is 0.326 e. The predicted octanol–water partition coefficient (Wildman–Crippen LogP) is 0.301. The number of likely N-dealkylation sites (tertiary alicyclic amines) is 1. The van der Waals surface area contributed by atoms with Crippen molar-refractivity contribution < 1.29 is 30.1 Å². The minimum Gasteiger partial charge on any atom is -0.480 e. The van der Waals surface area contributed by atoms with Gasteiger partial charge in [0.1, 0.15) is 12.1 Å². The van der Waals surface area contributed by atoms with Crippen molar-refractivity contribution in [3.8, 4) is 0 Å². The average Bonchev–Trinajstić information content (AvgIpc) is 3.08. The van der Waals surface area contributed by atoms with E-state index in [9.17, 15) is 24.6 Å². The van der Waals surface area contributed by atoms with Crippen molar-refractivity contribution in [3.05, 3.63) is 35.9 Å². The van der Waals surface area contributed by atoms with Crippen molar-refractivity contribution in [1.82, 2.24) is 10.2 Å². The molecule has 1 amide bonds. The van der Waals surface area contributed by atoms with E-state index >= 15 is 0 Å². The number of nitrogens with zero attached hydrogens (tertiary/aromatic N) is 1. The molecule has 1 aromatic carbocycles. The molecule has 1 aromatic rings. The Balaban J connectivity index is 0.00000338. The van der Waals surface area contributed by atoms with E-state index in [0.717, 1.165) is 5.56 Å². The van der Waals surface area contributed by atoms with Gasteiger partial charge in [-0.2, -0.15) is 0 Å². The summed E-state index contributed by atoms with van der Waals surface area (Å²) in [5.41, 5.74) is 1.03. The molecule has 3 atom stereocenters. The van der Waals surface area contributed by atoms with Crippen molar-refractivity contribution in [2.75, 3.05) is 6.54 Å². The summed E-state index contributed by atoms with van der Waals surface area (Å²) >= 11 is 0. The fourth-order valence-corrected chi connectivity index (χ4v) is 3.14. The molecule has 1 fully saturated rings. The van der Waals surface area contributed by atoms with E-state index in [-0.39, 0.29) is 11.4 Å². The van der Waals surface area contributed by atoms with Crippen LogP contribution in [0.25, 0.3) is 0 Å². The first-order valence-electron chi connectivity index (χ1n) is 8.46. The summed E-state index contributed by atoms with van der Waals surface area (Å²) in [7, 11) is 0. The third-order valence-electron chi connectivity index (χ3n) is 4.51. The summed E-state index contributed by atoms with van der Waals surface area (Å²) in [5, 5.41) is 21.4. The molecule has 1 aliphatic rings. The molecule has 8 heteroatoms. The summed E-state index contributed by atoms with van der Waals surface area (Å²) in [6.45, 7) is 1.97. The Bertz CT molecular complexity index is 621. The van der Waals surface area contributed by atoms with E-state index in [1.165, 1.54) is 4.90 Å². The molecule has 0 spiro atoms. The van der Waals surface area contributed by atoms with E-state index < -0.39 is 30.1 Å². The van der Waals surface area contributed by atoms with Crippen LogP contribution in [0.5, 0.6) is 0 Å². The molecule has 1 aliphatic heterocycles. The lowest BCUT2D eigenvalue weighted by atomic mass is 10.0. The largest absolute Gasteiger partial charge is 0.480 e. The molecule has 0 aromatic heterocycles. The molecule has 1 saturated heterocycles. The number of amides is 1. The maximum Gasteiger partial charge on any atom is 0.326 e. The van der Waals surface area contributed by atoms with Gasteiger partial charge in [0.05, 0.1) is 6.04 Å². The molecule has 0 saturated carbocycles. The molecule has 1 heterocycles. The highest BCUT2D eigenvalue weighted by Crippen LogP contribution is 2.18. The Labute approximate surface area is 152 Å². The number of carboxylic acid groups (broad SMARTS) is 2. The number of carboxylic acids is 2. The van der Waals surface area contributed by atoms with E-state index in [2.05, 4.69) is 5.32 Å². The summed E-state index contributed by atoms with van der Waals surface area (Å²) in [6, 6.07) is 7.09. The Morgan fingerprint density at radius 2 is 1.88 bits per heavy atom. The first-order valence-corrected chi connectivity index (χ1v) is 8.46. The van der Waals surface area contributed by atoms with E-state index in [1.54, 1.807) is 6.92 Å². The van der Waals surface area contributed by atoms with Gasteiger partial charge in [-0.1, -0.05) is 30.3 Å². The standard InChI is InChI=1S/C18H24N2O5.H2O/c1-12(16(21)20-11-5-8-15(20)18(24)25)19-14(17(22)23)10-9-13-6-3-2-4-7-13;/h2-4,6-7,12,14-15,19H,5,8-11H2,1H3,(H,22,23)(H,24,25);1H2/t12-,14-,15-;/m0./s1. The minimum absolute atomic E-state index is 0. The highest BCUT2D eigenvalue weighted by atomic mass is 16.4. The summed E-state index contributed by atoms with van der Waals surface area (Å²) < 4.78 is 0. The topological polar surface area (TPSA) is 138 Å². The van der Waals surface area contributed by atoms with Crippen LogP contribution in [0, 0.1) is 0 Å². The molecular formula is C18H26N2O6. The van der Waals surface area contributed by atoms with Crippen LogP contribution in [0.15, 0.2) is 30.3 Å². The second-order valence-corrected chi connectivity index (χ2v) is 6.33. The molecule has 0 aliphatic carbocycles. The summed E-state index contributed by atoms with van der Waals surface area (Å²) in [6.07, 6.45) is 2.00. The lowest BCUT2D eigenvalue weighted by Gasteiger charge is -2.27. The zero-order valence-electron chi connectivity index (χ0n) is 14.7. The number of hydrogen-bond acceptors (Lipinski definition) is 4. The molecule has 5 N–H and O–H groups in total. The third-order valence-corrected chi connectivity index (χ3v) is 4.51. The number of carbonyl (C=O) groups is 3. The second kappa shape index (κ2) is 9.88. The molecule has 144 valence electrons. The number of rotatable bonds is 8. The Morgan fingerprint density at radius 3 is 2.46 bits per heavy atom. The molecular weight excluding hydrogens is 340 g/mol. The number of aryl methyl sites for hydroxylation is 1. The van der Waals surface area contributed by atoms with Crippen LogP contribution >= 0.6 is 0 Å². The normalized spacial score (nSPS) is 18.7. The Hall–Kier alpha value is -2.45. The number of aliphatic carboxylic acids is 2. The highest BCUT2D eigenvalue weighted by molar-refractivity contribution is 5.88. The van der Waals surface area contributed by atoms with Gasteiger partial charge in [-0.3, -0.25) is 14.9 Å². The van der Waals surface area contributed by atoms with Crippen LogP contribution in [-0.2, 0) is 20.8 Å². The van der Waals surface area contributed by atoms with Gasteiger partial charge in [0.2, 0.25) is 5.91 Å². The summed E-state index contributed by atoms with van der Waals surface area (Å²) in [5.74, 6) is -2.40. The number of carbonyl (C=O) groups excluding carboxylic acids is 1. The number of hydrogen-bond donors (Lipinski definition) is 3. The van der Waals surface area contributed by atoms with E-state index in [4.69, 9.17) is 0 Å². The number of nitrogens with one attached hydrogen (secondary N) is 1. The van der Waals surface area contributed by atoms with Crippen molar-refractivity contribution in [2.45, 2.75) is 50.7 Å². The lowest BCUT2D eigenvalue weighted by Crippen LogP contribution is -2.53. The second-order valence-electron chi connectivity index (χ2n) is 6.33. The van der Waals surface area contributed by atoms with Crippen molar-refractivity contribution in [1.29, 1.82) is 0 Å². The Kier molecular flexibility index (Phi) is 8.21. The van der Waals surface area contributed by atoms with Crippen molar-refractivity contribution >= 4 is 17.8 Å². The molecule has 2 rings (SSSR count). The van der Waals surface area contributed by atoms with Crippen LogP contribution in [-0.4, -0.2) is 63.1 Å². The minimum atomic E-state index is -1.02. The van der Waals surface area contributed by atoms with Crippen LogP contribution < -0.4 is 5.32 Å². The molecule has 0 bridgehead atoms. The average molecular weight is 366 g/mol. The fourth-order valence-electron chi connectivity index (χ4n) is 3.14. The van der Waals surface area contributed by atoms with Crippen LogP contribution in [0.1, 0.15) is 31.7 Å². The first-order chi connectivity index (χ1) is 11.9. The van der Waals surface area contributed by atoms with Gasteiger partial charge in [-0.05, 0) is 38.2 Å². The van der Waals surface area contributed by atoms with E-state index in [1.807, 2.05) is 30.3 Å². The third kappa shape index (κ3) is 5.53. The van der Waals surface area contributed by atoms with Gasteiger partial charge in [0, 0.05) is 6.54 Å². The van der Waals surface area contributed by atoms with Gasteiger partial charge in [0.25, 0.3) is 0 Å². The zero-order valence-corrected chi connectivity index (χ0v) is 14.7. The van der Waals surface area contributed by atoms with Crippen molar-refractivity contribution in [2.24, 2.45) is 0 Å². The molecule has 0 unspecified atom stereocenters. The lowest BCUT2D eigenvalue weighted by molar-refractivity contribution is -0.149. The Morgan fingerprint density at radius 1 is 1.23 bits per heavy atom. The predicted molar refractivity (Wildman–Crippen MR) is 94.8 cm³/mol.